The van der Waals surface area contributed by atoms with Crippen LogP contribution in [0.15, 0.2) is 12.2 Å². The summed E-state index contributed by atoms with van der Waals surface area (Å²) < 4.78 is 0. The quantitative estimate of drug-likeness (QED) is 0.336. The monoisotopic (exact) mass is 116 g/mol. The Morgan fingerprint density at radius 1 is 1.71 bits per heavy atom. The van der Waals surface area contributed by atoms with E-state index in [0.29, 0.717) is 11.3 Å². The van der Waals surface area contributed by atoms with E-state index in [0.717, 1.165) is 6.42 Å². The number of halogens is 1. The molecule has 0 heterocycles. The highest BCUT2D eigenvalue weighted by Gasteiger charge is 2.13. The van der Waals surface area contributed by atoms with Crippen LogP contribution in [0.4, 0.5) is 0 Å². The Hall–Kier alpha value is 0.0300. The van der Waals surface area contributed by atoms with Crippen LogP contribution < -0.4 is 0 Å². The first-order valence-corrected chi connectivity index (χ1v) is 3.05. The smallest absolute Gasteiger partial charge is 0.0544 e. The molecule has 0 radical (unpaired) electrons. The highest BCUT2D eigenvalue weighted by atomic mass is 35.5. The minimum absolute atomic E-state index is 0.306. The molecule has 0 N–H and O–H groups in total. The molecule has 0 aromatic carbocycles. The summed E-state index contributed by atoms with van der Waals surface area (Å²) in [6.45, 7) is 2.16. The summed E-state index contributed by atoms with van der Waals surface area (Å²) in [5, 5.41) is 0.306. The van der Waals surface area contributed by atoms with Crippen LogP contribution in [0, 0.1) is 5.92 Å². The summed E-state index contributed by atoms with van der Waals surface area (Å²) in [5.41, 5.74) is 0. The predicted molar refractivity (Wildman–Crippen MR) is 32.6 cm³/mol. The van der Waals surface area contributed by atoms with Gasteiger partial charge in [-0.1, -0.05) is 19.1 Å². The summed E-state index contributed by atoms with van der Waals surface area (Å²) in [6, 6.07) is 0. The van der Waals surface area contributed by atoms with E-state index in [9.17, 15) is 0 Å². The molecule has 0 aromatic rings. The lowest BCUT2D eigenvalue weighted by Gasteiger charge is -2.02. The van der Waals surface area contributed by atoms with Crippen molar-refractivity contribution in [3.8, 4) is 0 Å². The Bertz CT molecular complexity index is 86.2. The molecule has 40 valence electrons. The molecule has 0 bridgehead atoms. The number of hydrogen-bond donors (Lipinski definition) is 0. The van der Waals surface area contributed by atoms with Crippen LogP contribution in [0.25, 0.3) is 0 Å². The van der Waals surface area contributed by atoms with E-state index in [2.05, 4.69) is 19.1 Å². The maximum absolute atomic E-state index is 5.78. The van der Waals surface area contributed by atoms with Crippen molar-refractivity contribution in [3.63, 3.8) is 0 Å². The molecule has 0 saturated carbocycles. The van der Waals surface area contributed by atoms with Gasteiger partial charge in [0, 0.05) is 0 Å². The van der Waals surface area contributed by atoms with Gasteiger partial charge in [-0.05, 0) is 12.3 Å². The average Bonchev–Trinajstić information content (AvgIpc) is 1.91. The first-order chi connectivity index (χ1) is 3.30. The van der Waals surface area contributed by atoms with Crippen molar-refractivity contribution in [1.29, 1.82) is 0 Å². The molecule has 2 atom stereocenters. The normalized spacial score (nSPS) is 39.7. The van der Waals surface area contributed by atoms with E-state index >= 15 is 0 Å². The first kappa shape index (κ1) is 5.17. The Kier molecular flexibility index (Phi) is 1.38. The molecule has 0 aliphatic heterocycles. The maximum atomic E-state index is 5.78. The molecule has 0 nitrogen and oxygen atoms in total. The van der Waals surface area contributed by atoms with Crippen molar-refractivity contribution < 1.29 is 0 Å². The van der Waals surface area contributed by atoms with Crippen molar-refractivity contribution in [2.45, 2.75) is 18.7 Å². The number of hydrogen-bond acceptors (Lipinski definition) is 0. The van der Waals surface area contributed by atoms with Gasteiger partial charge in [-0.15, -0.1) is 11.6 Å². The van der Waals surface area contributed by atoms with Gasteiger partial charge in [0.1, 0.15) is 0 Å². The molecule has 0 spiro atoms. The lowest BCUT2D eigenvalue weighted by molar-refractivity contribution is 0.644. The molecule has 0 saturated heterocycles. The fraction of sp³-hybridized carbons (Fsp3) is 0.667. The van der Waals surface area contributed by atoms with Gasteiger partial charge in [0.05, 0.1) is 5.38 Å². The molecule has 1 heteroatoms. The van der Waals surface area contributed by atoms with Gasteiger partial charge in [-0.2, -0.15) is 0 Å². The van der Waals surface area contributed by atoms with Crippen LogP contribution in [0.3, 0.4) is 0 Å². The molecule has 0 aromatic heterocycles. The molecule has 1 aliphatic rings. The second kappa shape index (κ2) is 1.87. The van der Waals surface area contributed by atoms with Crippen molar-refractivity contribution in [2.24, 2.45) is 5.92 Å². The summed E-state index contributed by atoms with van der Waals surface area (Å²) >= 11 is 5.78. The van der Waals surface area contributed by atoms with Gasteiger partial charge in [0.15, 0.2) is 0 Å². The third-order valence-corrected chi connectivity index (χ3v) is 1.95. The van der Waals surface area contributed by atoms with Gasteiger partial charge in [-0.25, -0.2) is 0 Å². The maximum Gasteiger partial charge on any atom is 0.0544 e. The second-order valence-electron chi connectivity index (χ2n) is 2.09. The number of alkyl halides is 1. The zero-order valence-electron chi connectivity index (χ0n) is 4.39. The number of rotatable bonds is 0. The van der Waals surface area contributed by atoms with E-state index in [4.69, 9.17) is 11.6 Å². The SMILES string of the molecule is CC1CC=C[C@H]1Cl. The minimum atomic E-state index is 0.306. The van der Waals surface area contributed by atoms with Crippen LogP contribution in [0.2, 0.25) is 0 Å². The molecular formula is C6H9Cl. The van der Waals surface area contributed by atoms with E-state index in [1.54, 1.807) is 0 Å². The van der Waals surface area contributed by atoms with Crippen LogP contribution in [0.1, 0.15) is 13.3 Å². The van der Waals surface area contributed by atoms with Gasteiger partial charge in [0.25, 0.3) is 0 Å². The summed E-state index contributed by atoms with van der Waals surface area (Å²) in [4.78, 5) is 0. The Morgan fingerprint density at radius 3 is 2.57 bits per heavy atom. The standard InChI is InChI=1S/C6H9Cl/c1-5-3-2-4-6(5)7/h2,4-6H,3H2,1H3/t5?,6-/m1/s1. The summed E-state index contributed by atoms with van der Waals surface area (Å²) in [7, 11) is 0. The fourth-order valence-corrected chi connectivity index (χ4v) is 0.949. The molecule has 1 aliphatic carbocycles. The molecule has 1 unspecified atom stereocenters. The van der Waals surface area contributed by atoms with E-state index < -0.39 is 0 Å². The topological polar surface area (TPSA) is 0 Å². The lowest BCUT2D eigenvalue weighted by atomic mass is 10.1. The van der Waals surface area contributed by atoms with Gasteiger partial charge >= 0.3 is 0 Å². The minimum Gasteiger partial charge on any atom is -0.118 e. The molecule has 7 heavy (non-hydrogen) atoms. The van der Waals surface area contributed by atoms with Gasteiger partial charge < -0.3 is 0 Å². The van der Waals surface area contributed by atoms with Crippen molar-refractivity contribution in [1.82, 2.24) is 0 Å². The van der Waals surface area contributed by atoms with Crippen molar-refractivity contribution in [2.75, 3.05) is 0 Å². The molecular weight excluding hydrogens is 108 g/mol. The lowest BCUT2D eigenvalue weighted by Crippen LogP contribution is -1.99. The fourth-order valence-electron chi connectivity index (χ4n) is 0.743. The highest BCUT2D eigenvalue weighted by Crippen LogP contribution is 2.22. The van der Waals surface area contributed by atoms with E-state index in [1.807, 2.05) is 0 Å². The third kappa shape index (κ3) is 0.973. The zero-order chi connectivity index (χ0) is 5.28. The molecule has 0 fully saturated rings. The van der Waals surface area contributed by atoms with Crippen LogP contribution in [0.5, 0.6) is 0 Å². The summed E-state index contributed by atoms with van der Waals surface area (Å²) in [5.74, 6) is 0.668. The predicted octanol–water partition coefficient (Wildman–Crippen LogP) is 2.19. The van der Waals surface area contributed by atoms with E-state index in [1.165, 1.54) is 0 Å². The Balaban J connectivity index is 2.45. The highest BCUT2D eigenvalue weighted by molar-refractivity contribution is 6.22. The van der Waals surface area contributed by atoms with E-state index in [-0.39, 0.29) is 0 Å². The second-order valence-corrected chi connectivity index (χ2v) is 2.59. The van der Waals surface area contributed by atoms with Crippen molar-refractivity contribution >= 4 is 11.6 Å². The van der Waals surface area contributed by atoms with Crippen LogP contribution in [-0.4, -0.2) is 5.38 Å². The third-order valence-electron chi connectivity index (χ3n) is 1.37. The Morgan fingerprint density at radius 2 is 2.43 bits per heavy atom. The Labute approximate surface area is 49.2 Å². The van der Waals surface area contributed by atoms with Crippen LogP contribution in [-0.2, 0) is 0 Å². The molecule has 1 rings (SSSR count). The summed E-state index contributed by atoms with van der Waals surface area (Å²) in [6.07, 6.45) is 5.36. The van der Waals surface area contributed by atoms with Crippen LogP contribution >= 0.6 is 11.6 Å². The zero-order valence-corrected chi connectivity index (χ0v) is 5.15. The van der Waals surface area contributed by atoms with Gasteiger partial charge in [0.2, 0.25) is 0 Å². The number of allylic oxidation sites excluding steroid dienone is 2. The first-order valence-electron chi connectivity index (χ1n) is 2.61. The van der Waals surface area contributed by atoms with Crippen molar-refractivity contribution in [3.05, 3.63) is 12.2 Å². The largest absolute Gasteiger partial charge is 0.118 e. The average molecular weight is 117 g/mol. The van der Waals surface area contributed by atoms with Gasteiger partial charge in [-0.3, -0.25) is 0 Å². The molecule has 0 amide bonds.